The molecule has 1 fully saturated rings. The maximum atomic E-state index is 13.5. The summed E-state index contributed by atoms with van der Waals surface area (Å²) in [6.45, 7) is 5.93. The molecule has 2 atom stereocenters. The van der Waals surface area contributed by atoms with Crippen LogP contribution in [0, 0.1) is 5.92 Å². The molecule has 2 heterocycles. The van der Waals surface area contributed by atoms with Gasteiger partial charge in [0.15, 0.2) is 0 Å². The van der Waals surface area contributed by atoms with Crippen molar-refractivity contribution in [3.63, 3.8) is 0 Å². The van der Waals surface area contributed by atoms with Crippen molar-refractivity contribution in [2.45, 2.75) is 56.6 Å². The number of phenolic OH excluding ortho intramolecular Hbond substituents is 1. The lowest BCUT2D eigenvalue weighted by atomic mass is 9.91. The third-order valence-electron chi connectivity index (χ3n) is 7.27. The Morgan fingerprint density at radius 1 is 1.21 bits per heavy atom. The molecule has 4 rings (SSSR count). The van der Waals surface area contributed by atoms with Gasteiger partial charge in [-0.3, -0.25) is 14.5 Å². The first-order chi connectivity index (χ1) is 18.0. The highest BCUT2D eigenvalue weighted by atomic mass is 35.5. The van der Waals surface area contributed by atoms with Gasteiger partial charge in [-0.2, -0.15) is 13.2 Å². The molecule has 2 unspecified atom stereocenters. The lowest BCUT2D eigenvalue weighted by Crippen LogP contribution is -2.42. The number of alkyl halides is 3. The van der Waals surface area contributed by atoms with E-state index < -0.39 is 17.3 Å². The second-order valence-electron chi connectivity index (χ2n) is 9.85. The summed E-state index contributed by atoms with van der Waals surface area (Å²) < 4.78 is 40.6. The van der Waals surface area contributed by atoms with E-state index in [0.717, 1.165) is 43.3 Å². The fourth-order valence-corrected chi connectivity index (χ4v) is 6.13. The highest BCUT2D eigenvalue weighted by molar-refractivity contribution is 8.00. The predicted octanol–water partition coefficient (Wildman–Crippen LogP) is 7.13. The van der Waals surface area contributed by atoms with Crippen LogP contribution >= 0.6 is 23.4 Å². The summed E-state index contributed by atoms with van der Waals surface area (Å²) in [4.78, 5) is 31.0. The number of piperidine rings is 1. The molecule has 0 saturated carbocycles. The number of hydrogen-bond acceptors (Lipinski definition) is 5. The molecule has 204 valence electrons. The molecule has 0 bridgehead atoms. The van der Waals surface area contributed by atoms with Gasteiger partial charge in [0.1, 0.15) is 11.5 Å². The van der Waals surface area contributed by atoms with Crippen molar-refractivity contribution in [3.8, 4) is 16.9 Å². The molecule has 2 aromatic carbocycles. The maximum absolute atomic E-state index is 13.5. The summed E-state index contributed by atoms with van der Waals surface area (Å²) in [5, 5.41) is 10.9. The van der Waals surface area contributed by atoms with Gasteiger partial charge in [0.05, 0.1) is 16.2 Å². The van der Waals surface area contributed by atoms with E-state index in [-0.39, 0.29) is 49.2 Å². The molecular weight excluding hydrogens is 537 g/mol. The maximum Gasteiger partial charge on any atom is 0.416 e. The van der Waals surface area contributed by atoms with Gasteiger partial charge in [0, 0.05) is 52.6 Å². The minimum atomic E-state index is -4.61. The molecule has 5 nitrogen and oxygen atoms in total. The summed E-state index contributed by atoms with van der Waals surface area (Å²) >= 11 is 7.11. The van der Waals surface area contributed by atoms with Crippen LogP contribution in [0.1, 0.15) is 45.1 Å². The van der Waals surface area contributed by atoms with E-state index in [1.54, 1.807) is 0 Å². The van der Waals surface area contributed by atoms with Crippen LogP contribution in [0.4, 0.5) is 13.2 Å². The largest absolute Gasteiger partial charge is 0.507 e. The van der Waals surface area contributed by atoms with Crippen LogP contribution < -0.4 is 5.56 Å². The molecule has 1 aromatic heterocycles. The third kappa shape index (κ3) is 6.38. The van der Waals surface area contributed by atoms with E-state index in [9.17, 15) is 27.9 Å². The first kappa shape index (κ1) is 28.5. The number of ketones is 1. The Kier molecular flexibility index (Phi) is 8.79. The molecule has 3 aromatic rings. The molecular formula is C28H30ClF3N2O3S. The van der Waals surface area contributed by atoms with E-state index in [2.05, 4.69) is 23.7 Å². The van der Waals surface area contributed by atoms with E-state index in [0.29, 0.717) is 24.9 Å². The Morgan fingerprint density at radius 3 is 2.68 bits per heavy atom. The Hall–Kier alpha value is -2.49. The van der Waals surface area contributed by atoms with Gasteiger partial charge in [-0.25, -0.2) is 0 Å². The number of halogens is 4. The second-order valence-corrected chi connectivity index (χ2v) is 11.3. The number of phenols is 1. The number of aromatic amines is 1. The van der Waals surface area contributed by atoms with E-state index in [1.165, 1.54) is 30.7 Å². The monoisotopic (exact) mass is 566 g/mol. The summed E-state index contributed by atoms with van der Waals surface area (Å²) in [6.07, 6.45) is -0.899. The fraction of sp³-hybridized carbons (Fsp3) is 0.429. The first-order valence-electron chi connectivity index (χ1n) is 12.6. The second kappa shape index (κ2) is 11.7. The number of likely N-dealkylation sites (tertiary alicyclic amines) is 1. The Morgan fingerprint density at radius 2 is 1.97 bits per heavy atom. The average molecular weight is 567 g/mol. The van der Waals surface area contributed by atoms with Crippen molar-refractivity contribution < 1.29 is 23.1 Å². The Bertz CT molecular complexity index is 1390. The summed E-state index contributed by atoms with van der Waals surface area (Å²) in [5.74, 6) is 0.296. The first-order valence-corrected chi connectivity index (χ1v) is 14.0. The smallest absolute Gasteiger partial charge is 0.416 e. The molecule has 1 aliphatic heterocycles. The van der Waals surface area contributed by atoms with Crippen molar-refractivity contribution in [1.29, 1.82) is 0 Å². The number of pyridine rings is 1. The van der Waals surface area contributed by atoms with Gasteiger partial charge >= 0.3 is 6.18 Å². The van der Waals surface area contributed by atoms with Gasteiger partial charge in [0.25, 0.3) is 5.56 Å². The third-order valence-corrected chi connectivity index (χ3v) is 8.65. The van der Waals surface area contributed by atoms with Crippen LogP contribution in [0.5, 0.6) is 5.75 Å². The number of carbonyl (C=O) groups excluding carboxylic acids is 1. The molecule has 38 heavy (non-hydrogen) atoms. The van der Waals surface area contributed by atoms with Gasteiger partial charge in [-0.15, -0.1) is 11.8 Å². The number of H-pyrrole nitrogens is 1. The minimum Gasteiger partial charge on any atom is -0.507 e. The van der Waals surface area contributed by atoms with Crippen LogP contribution in [-0.2, 0) is 11.0 Å². The van der Waals surface area contributed by atoms with Crippen LogP contribution in [0.2, 0.25) is 5.02 Å². The molecule has 0 spiro atoms. The van der Waals surface area contributed by atoms with Gasteiger partial charge in [-0.1, -0.05) is 24.9 Å². The number of aromatic hydroxyl groups is 1. The zero-order valence-corrected chi connectivity index (χ0v) is 22.8. The van der Waals surface area contributed by atoms with E-state index in [1.807, 2.05) is 0 Å². The number of thioether (sulfide) groups is 1. The molecule has 1 saturated heterocycles. The summed E-state index contributed by atoms with van der Waals surface area (Å²) in [7, 11) is 0. The molecule has 1 aliphatic rings. The van der Waals surface area contributed by atoms with Gasteiger partial charge in [0.2, 0.25) is 0 Å². The quantitative estimate of drug-likeness (QED) is 0.284. The molecule has 0 amide bonds. The number of aromatic nitrogens is 1. The molecule has 0 aliphatic carbocycles. The van der Waals surface area contributed by atoms with Crippen LogP contribution in [-0.4, -0.2) is 45.7 Å². The number of benzene rings is 2. The van der Waals surface area contributed by atoms with Gasteiger partial charge in [-0.05, 0) is 62.1 Å². The van der Waals surface area contributed by atoms with E-state index in [4.69, 9.17) is 11.6 Å². The lowest BCUT2D eigenvalue weighted by molar-refractivity contribution is -0.137. The topological polar surface area (TPSA) is 73.4 Å². The number of nitrogens with zero attached hydrogens (tertiary/aromatic N) is 1. The lowest BCUT2D eigenvalue weighted by Gasteiger charge is -2.37. The normalized spacial score (nSPS) is 18.7. The fourth-order valence-electron chi connectivity index (χ4n) is 4.97. The van der Waals surface area contributed by atoms with E-state index >= 15 is 0 Å². The summed E-state index contributed by atoms with van der Waals surface area (Å²) in [6, 6.07) is 7.59. The number of fused-ring (bicyclic) bond motifs is 1. The van der Waals surface area contributed by atoms with Crippen molar-refractivity contribution in [1.82, 2.24) is 9.88 Å². The van der Waals surface area contributed by atoms with Crippen LogP contribution in [0.15, 0.2) is 46.1 Å². The number of Topliss-reactive ketones (excluding diaryl/α,β-unsaturated/α-hetero) is 1. The standard InChI is InChI=1S/C28H30ClF3N2O3S/c1-3-17-5-4-16(2)34(14-17)11-10-20(35)15-38-26-25(22-13-19(29)7-9-24(22)36)21-12-18(28(30,31)32)6-8-23(21)33-27(26)37/h6-9,12-13,16-17,36H,3-5,10-11,14-15H2,1-2H3,(H,33,37). The number of nitrogens with one attached hydrogen (secondary N) is 1. The van der Waals surface area contributed by atoms with Gasteiger partial charge < -0.3 is 10.1 Å². The average Bonchev–Trinajstić information content (AvgIpc) is 2.87. The molecule has 2 N–H and O–H groups in total. The highest BCUT2D eigenvalue weighted by Crippen LogP contribution is 2.42. The van der Waals surface area contributed by atoms with Crippen molar-refractivity contribution in [2.24, 2.45) is 5.92 Å². The highest BCUT2D eigenvalue weighted by Gasteiger charge is 2.31. The van der Waals surface area contributed by atoms with Crippen LogP contribution in [0.3, 0.4) is 0 Å². The number of carbonyl (C=O) groups is 1. The molecule has 10 heteroatoms. The van der Waals surface area contributed by atoms with Crippen molar-refractivity contribution >= 4 is 40.0 Å². The minimum absolute atomic E-state index is 0.0265. The molecule has 0 radical (unpaired) electrons. The number of hydrogen-bond donors (Lipinski definition) is 2. The van der Waals surface area contributed by atoms with Crippen molar-refractivity contribution in [2.75, 3.05) is 18.8 Å². The Balaban J connectivity index is 1.66. The zero-order valence-electron chi connectivity index (χ0n) is 21.2. The van der Waals surface area contributed by atoms with Crippen LogP contribution in [0.25, 0.3) is 22.0 Å². The number of rotatable bonds is 8. The van der Waals surface area contributed by atoms with Crippen molar-refractivity contribution in [3.05, 3.63) is 57.3 Å². The Labute approximate surface area is 228 Å². The predicted molar refractivity (Wildman–Crippen MR) is 146 cm³/mol. The summed E-state index contributed by atoms with van der Waals surface area (Å²) in [5.41, 5.74) is -1.04. The SMILES string of the molecule is CCC1CCC(C)N(CCC(=O)CSc2c(-c3cc(Cl)ccc3O)c3cc(C(F)(F)F)ccc3[nH]c2=O)C1. The zero-order chi connectivity index (χ0) is 27.6.